The van der Waals surface area contributed by atoms with Gasteiger partial charge in [-0.1, -0.05) is 140 Å². The Morgan fingerprint density at radius 3 is 1.37 bits per heavy atom. The van der Waals surface area contributed by atoms with E-state index in [0.29, 0.717) is 0 Å². The van der Waals surface area contributed by atoms with E-state index in [-0.39, 0.29) is 0 Å². The number of aromatic nitrogens is 2. The number of thiophene rings is 2. The van der Waals surface area contributed by atoms with Crippen molar-refractivity contribution in [1.82, 2.24) is 8.80 Å². The van der Waals surface area contributed by atoms with E-state index in [4.69, 9.17) is 8.83 Å². The summed E-state index contributed by atoms with van der Waals surface area (Å²) in [6.07, 6.45) is 4.58. The summed E-state index contributed by atoms with van der Waals surface area (Å²) in [6, 6.07) is 69.9. The molecule has 10 aromatic carbocycles. The molecule has 0 aliphatic heterocycles. The van der Waals surface area contributed by atoms with E-state index in [1.807, 2.05) is 34.8 Å². The lowest BCUT2D eigenvalue weighted by molar-refractivity contribution is 0.669. The molecule has 0 bridgehead atoms. The van der Waals surface area contributed by atoms with Crippen molar-refractivity contribution in [1.29, 1.82) is 0 Å². The quantitative estimate of drug-likeness (QED) is 0.142. The molecule has 18 rings (SSSR count). The molecular weight excluding hydrogens is 893 g/mol. The van der Waals surface area contributed by atoms with Crippen molar-refractivity contribution in [3.8, 4) is 0 Å². The molecule has 0 atom stereocenters. The van der Waals surface area contributed by atoms with E-state index in [9.17, 15) is 0 Å². The molecular formula is C64H34N2O2S2. The molecule has 8 heterocycles. The Morgan fingerprint density at radius 1 is 0.286 bits per heavy atom. The molecule has 0 saturated carbocycles. The minimum absolute atomic E-state index is 0.934. The third kappa shape index (κ3) is 4.79. The van der Waals surface area contributed by atoms with Crippen LogP contribution < -0.4 is 0 Å². The maximum atomic E-state index is 6.60. The third-order valence-electron chi connectivity index (χ3n) is 15.1. The Morgan fingerprint density at radius 2 is 0.743 bits per heavy atom. The Hall–Kier alpha value is -8.68. The summed E-state index contributed by atoms with van der Waals surface area (Å²) < 4.78 is 23.1. The van der Waals surface area contributed by atoms with Crippen LogP contribution in [0, 0.1) is 0 Å². The first-order chi connectivity index (χ1) is 34.7. The number of rotatable bonds is 0. The number of para-hydroxylation sites is 2. The first kappa shape index (κ1) is 37.3. The van der Waals surface area contributed by atoms with Crippen molar-refractivity contribution in [3.05, 3.63) is 207 Å². The topological polar surface area (TPSA) is 35.1 Å². The molecule has 0 spiro atoms. The number of furan rings is 2. The van der Waals surface area contributed by atoms with Gasteiger partial charge in [0.15, 0.2) is 0 Å². The van der Waals surface area contributed by atoms with Crippen LogP contribution in [0.5, 0.6) is 0 Å². The Bertz CT molecular complexity index is 5320. The summed E-state index contributed by atoms with van der Waals surface area (Å²) in [7, 11) is 0. The van der Waals surface area contributed by atoms with Gasteiger partial charge in [-0.15, -0.1) is 22.7 Å². The maximum Gasteiger partial charge on any atom is 0.145 e. The molecule has 70 heavy (non-hydrogen) atoms. The van der Waals surface area contributed by atoms with Crippen LogP contribution in [-0.4, -0.2) is 8.80 Å². The van der Waals surface area contributed by atoms with Crippen LogP contribution in [0.1, 0.15) is 0 Å². The van der Waals surface area contributed by atoms with Gasteiger partial charge in [0, 0.05) is 112 Å². The summed E-state index contributed by atoms with van der Waals surface area (Å²) in [5.41, 5.74) is 8.72. The van der Waals surface area contributed by atoms with E-state index < -0.39 is 0 Å². The van der Waals surface area contributed by atoms with Gasteiger partial charge in [-0.3, -0.25) is 0 Å². The normalized spacial score (nSPS) is 12.6. The van der Waals surface area contributed by atoms with Crippen LogP contribution in [0.15, 0.2) is 215 Å². The molecule has 0 saturated heterocycles. The number of fused-ring (bicyclic) bond motifs is 32. The first-order valence-corrected chi connectivity index (χ1v) is 25.4. The number of pyridine rings is 2. The minimum atomic E-state index is 0.934. The molecule has 4 nitrogen and oxygen atoms in total. The van der Waals surface area contributed by atoms with E-state index >= 15 is 0 Å². The molecule has 324 valence electrons. The predicted molar refractivity (Wildman–Crippen MR) is 300 cm³/mol. The monoisotopic (exact) mass is 926 g/mol. The third-order valence-corrected chi connectivity index (χ3v) is 17.5. The van der Waals surface area contributed by atoms with Gasteiger partial charge in [0.25, 0.3) is 0 Å². The second-order valence-electron chi connectivity index (χ2n) is 18.7. The second kappa shape index (κ2) is 13.5. The van der Waals surface area contributed by atoms with E-state index in [1.165, 1.54) is 138 Å². The van der Waals surface area contributed by atoms with Crippen LogP contribution in [0.25, 0.3) is 160 Å². The van der Waals surface area contributed by atoms with E-state index in [2.05, 4.69) is 203 Å². The Kier molecular flexibility index (Phi) is 7.21. The van der Waals surface area contributed by atoms with Crippen LogP contribution in [0.3, 0.4) is 0 Å². The molecule has 0 unspecified atom stereocenters. The van der Waals surface area contributed by atoms with Gasteiger partial charge in [-0.05, 0) is 65.4 Å². The maximum absolute atomic E-state index is 6.60. The smallest absolute Gasteiger partial charge is 0.145 e. The van der Waals surface area contributed by atoms with Crippen molar-refractivity contribution in [2.45, 2.75) is 0 Å². The van der Waals surface area contributed by atoms with Gasteiger partial charge in [-0.2, -0.15) is 0 Å². The summed E-state index contributed by atoms with van der Waals surface area (Å²) >= 11 is 3.78. The minimum Gasteiger partial charge on any atom is -0.456 e. The average molecular weight is 927 g/mol. The zero-order valence-electron chi connectivity index (χ0n) is 37.2. The van der Waals surface area contributed by atoms with E-state index in [1.54, 1.807) is 0 Å². The highest BCUT2D eigenvalue weighted by Gasteiger charge is 2.23. The molecule has 0 fully saturated rings. The fourth-order valence-corrected chi connectivity index (χ4v) is 14.7. The predicted octanol–water partition coefficient (Wildman–Crippen LogP) is 19.3. The number of hydrogen-bond acceptors (Lipinski definition) is 4. The summed E-state index contributed by atoms with van der Waals surface area (Å²) in [6.45, 7) is 0. The van der Waals surface area contributed by atoms with Gasteiger partial charge in [0.2, 0.25) is 0 Å². The van der Waals surface area contributed by atoms with Crippen molar-refractivity contribution >= 4 is 183 Å². The molecule has 0 aliphatic carbocycles. The first-order valence-electron chi connectivity index (χ1n) is 23.7. The van der Waals surface area contributed by atoms with Crippen molar-refractivity contribution in [3.63, 3.8) is 0 Å². The fraction of sp³-hybridized carbons (Fsp3) is 0. The largest absolute Gasteiger partial charge is 0.456 e. The zero-order chi connectivity index (χ0) is 45.3. The summed E-state index contributed by atoms with van der Waals surface area (Å²) in [5.74, 6) is 0. The van der Waals surface area contributed by atoms with Gasteiger partial charge in [0.1, 0.15) is 22.3 Å². The Labute approximate surface area is 404 Å². The Balaban J connectivity index is 0.000000117. The second-order valence-corrected chi connectivity index (χ2v) is 20.8. The van der Waals surface area contributed by atoms with Crippen LogP contribution in [0.2, 0.25) is 0 Å². The van der Waals surface area contributed by atoms with Crippen LogP contribution in [-0.2, 0) is 0 Å². The van der Waals surface area contributed by atoms with Gasteiger partial charge in [0.05, 0.1) is 27.5 Å². The van der Waals surface area contributed by atoms with Crippen molar-refractivity contribution in [2.75, 3.05) is 0 Å². The van der Waals surface area contributed by atoms with Crippen LogP contribution in [0.4, 0.5) is 0 Å². The zero-order valence-corrected chi connectivity index (χ0v) is 38.8. The molecule has 18 aromatic rings. The van der Waals surface area contributed by atoms with Crippen molar-refractivity contribution in [2.24, 2.45) is 0 Å². The molecule has 8 aromatic heterocycles. The highest BCUT2D eigenvalue weighted by atomic mass is 32.1. The number of benzene rings is 10. The summed E-state index contributed by atoms with van der Waals surface area (Å²) in [5, 5.41) is 22.6. The highest BCUT2D eigenvalue weighted by Crippen LogP contribution is 2.49. The van der Waals surface area contributed by atoms with E-state index in [0.717, 1.165) is 22.3 Å². The number of hydrogen-bond donors (Lipinski definition) is 0. The lowest BCUT2D eigenvalue weighted by Gasteiger charge is -2.12. The summed E-state index contributed by atoms with van der Waals surface area (Å²) in [4.78, 5) is 0. The molecule has 0 aliphatic rings. The molecule has 0 N–H and O–H groups in total. The lowest BCUT2D eigenvalue weighted by atomic mass is 9.98. The molecule has 0 radical (unpaired) electrons. The SMILES string of the molecule is c1ccc2c(c1)cn1c3ccc4c5ccccc5sc4c3c3ccc4c5ccccc5oc4c3c21.c1ccc2c(c1)cn1c3ccc4c5ccccc5sc4c3c3ccc4oc5ccccc5c4c3c21. The average Bonchev–Trinajstić information content (AvgIpc) is 4.28. The van der Waals surface area contributed by atoms with Crippen LogP contribution >= 0.6 is 22.7 Å². The molecule has 6 heteroatoms. The standard InChI is InChI=1S/2C32H17NOS/c1-2-8-19-18(7-1)17-33-24-15-13-21-20-9-4-6-12-27(20)35-32(21)28(24)23-14-16-26-29(30(23)31(19)33)22-10-3-5-11-25(22)34-26;1-2-8-19-18(7-1)17-33-25-16-15-23-21-10-4-6-12-27(21)35-32(23)28(25)24-14-13-22-20-9-3-5-11-26(20)34-31(22)29(24)30(19)33/h2*1-17H. The lowest BCUT2D eigenvalue weighted by Crippen LogP contribution is -1.90. The fourth-order valence-electron chi connectivity index (χ4n) is 12.2. The van der Waals surface area contributed by atoms with Crippen molar-refractivity contribution < 1.29 is 8.83 Å². The van der Waals surface area contributed by atoms with Gasteiger partial charge < -0.3 is 17.6 Å². The van der Waals surface area contributed by atoms with Gasteiger partial charge in [-0.25, -0.2) is 0 Å². The number of nitrogens with zero attached hydrogens (tertiary/aromatic N) is 2. The molecule has 0 amide bonds. The van der Waals surface area contributed by atoms with Gasteiger partial charge >= 0.3 is 0 Å². The highest BCUT2D eigenvalue weighted by molar-refractivity contribution is 7.27.